The van der Waals surface area contributed by atoms with Gasteiger partial charge in [-0.15, -0.1) is 0 Å². The zero-order valence-electron chi connectivity index (χ0n) is 9.99. The lowest BCUT2D eigenvalue weighted by Gasteiger charge is -2.03. The Morgan fingerprint density at radius 3 is 2.78 bits per heavy atom. The lowest BCUT2D eigenvalue weighted by atomic mass is 10.1. The second-order valence-corrected chi connectivity index (χ2v) is 4.07. The standard InChI is InChI=1S/C13H14N2O3/c1-8-12(13(18)14-7-6-11(16)17)9-4-2-3-5-10(9)15-8/h2-5,15H,6-7H2,1H3,(H,14,18)(H,16,17). The topological polar surface area (TPSA) is 82.2 Å². The third kappa shape index (κ3) is 2.34. The minimum Gasteiger partial charge on any atom is -0.481 e. The predicted octanol–water partition coefficient (Wildman–Crippen LogP) is 1.68. The van der Waals surface area contributed by atoms with Gasteiger partial charge >= 0.3 is 5.97 Å². The summed E-state index contributed by atoms with van der Waals surface area (Å²) < 4.78 is 0. The van der Waals surface area contributed by atoms with Crippen molar-refractivity contribution in [2.75, 3.05) is 6.54 Å². The average molecular weight is 246 g/mol. The number of aromatic nitrogens is 1. The molecule has 0 atom stereocenters. The van der Waals surface area contributed by atoms with Crippen LogP contribution in [0.2, 0.25) is 0 Å². The number of amides is 1. The molecule has 0 unspecified atom stereocenters. The molecule has 0 aliphatic carbocycles. The van der Waals surface area contributed by atoms with E-state index in [4.69, 9.17) is 5.11 Å². The molecule has 5 heteroatoms. The molecule has 0 saturated heterocycles. The molecule has 0 bridgehead atoms. The molecule has 0 spiro atoms. The van der Waals surface area contributed by atoms with Gasteiger partial charge in [-0.25, -0.2) is 0 Å². The highest BCUT2D eigenvalue weighted by atomic mass is 16.4. The number of nitrogens with one attached hydrogen (secondary N) is 2. The summed E-state index contributed by atoms with van der Waals surface area (Å²) >= 11 is 0. The third-order valence-electron chi connectivity index (χ3n) is 2.75. The van der Waals surface area contributed by atoms with Crippen molar-refractivity contribution in [1.29, 1.82) is 0 Å². The molecule has 2 rings (SSSR count). The Morgan fingerprint density at radius 2 is 2.06 bits per heavy atom. The van der Waals surface area contributed by atoms with Crippen LogP contribution >= 0.6 is 0 Å². The molecule has 2 aromatic rings. The van der Waals surface area contributed by atoms with E-state index in [-0.39, 0.29) is 18.9 Å². The smallest absolute Gasteiger partial charge is 0.305 e. The summed E-state index contributed by atoms with van der Waals surface area (Å²) in [6.45, 7) is 1.96. The van der Waals surface area contributed by atoms with Crippen molar-refractivity contribution in [3.63, 3.8) is 0 Å². The molecule has 0 fully saturated rings. The average Bonchev–Trinajstić information content (AvgIpc) is 2.64. The molecular weight excluding hydrogens is 232 g/mol. The van der Waals surface area contributed by atoms with Crippen molar-refractivity contribution < 1.29 is 14.7 Å². The largest absolute Gasteiger partial charge is 0.481 e. The van der Waals surface area contributed by atoms with E-state index in [1.807, 2.05) is 31.2 Å². The molecule has 18 heavy (non-hydrogen) atoms. The number of carbonyl (C=O) groups excluding carboxylic acids is 1. The Bertz CT molecular complexity index is 601. The van der Waals surface area contributed by atoms with Gasteiger partial charge in [-0.2, -0.15) is 0 Å². The van der Waals surface area contributed by atoms with Crippen LogP contribution in [0.25, 0.3) is 10.9 Å². The van der Waals surface area contributed by atoms with Crippen molar-refractivity contribution in [2.45, 2.75) is 13.3 Å². The van der Waals surface area contributed by atoms with Gasteiger partial charge in [-0.3, -0.25) is 9.59 Å². The van der Waals surface area contributed by atoms with Gasteiger partial charge in [0.15, 0.2) is 0 Å². The summed E-state index contributed by atoms with van der Waals surface area (Å²) in [6, 6.07) is 7.52. The van der Waals surface area contributed by atoms with Crippen molar-refractivity contribution in [3.8, 4) is 0 Å². The minimum absolute atomic E-state index is 0.0762. The van der Waals surface area contributed by atoms with Gasteiger partial charge in [-0.1, -0.05) is 18.2 Å². The Morgan fingerprint density at radius 1 is 1.33 bits per heavy atom. The van der Waals surface area contributed by atoms with Gasteiger partial charge in [0.25, 0.3) is 5.91 Å². The molecule has 1 aromatic carbocycles. The zero-order chi connectivity index (χ0) is 13.1. The number of rotatable bonds is 4. The minimum atomic E-state index is -0.925. The zero-order valence-corrected chi connectivity index (χ0v) is 9.99. The van der Waals surface area contributed by atoms with Crippen molar-refractivity contribution >= 4 is 22.8 Å². The normalized spacial score (nSPS) is 10.5. The molecule has 0 radical (unpaired) electrons. The lowest BCUT2D eigenvalue weighted by Crippen LogP contribution is -2.26. The van der Waals surface area contributed by atoms with E-state index in [9.17, 15) is 9.59 Å². The highest BCUT2D eigenvalue weighted by Crippen LogP contribution is 2.21. The number of carboxylic acids is 1. The van der Waals surface area contributed by atoms with E-state index in [0.717, 1.165) is 16.6 Å². The number of benzene rings is 1. The molecule has 0 aliphatic heterocycles. The molecule has 94 valence electrons. The number of aryl methyl sites for hydroxylation is 1. The van der Waals surface area contributed by atoms with Crippen LogP contribution in [0.5, 0.6) is 0 Å². The highest BCUT2D eigenvalue weighted by molar-refractivity contribution is 6.08. The summed E-state index contributed by atoms with van der Waals surface area (Å²) in [5, 5.41) is 12.0. The third-order valence-corrected chi connectivity index (χ3v) is 2.75. The van der Waals surface area contributed by atoms with Gasteiger partial charge in [-0.05, 0) is 13.0 Å². The maximum absolute atomic E-state index is 12.0. The maximum Gasteiger partial charge on any atom is 0.305 e. The number of para-hydroxylation sites is 1. The number of carbonyl (C=O) groups is 2. The Kier molecular flexibility index (Phi) is 3.32. The molecule has 0 saturated carbocycles. The quantitative estimate of drug-likeness (QED) is 0.767. The van der Waals surface area contributed by atoms with Crippen molar-refractivity contribution in [3.05, 3.63) is 35.5 Å². The van der Waals surface area contributed by atoms with Crippen molar-refractivity contribution in [1.82, 2.24) is 10.3 Å². The van der Waals surface area contributed by atoms with Gasteiger partial charge < -0.3 is 15.4 Å². The number of carboxylic acid groups (broad SMARTS) is 1. The molecule has 1 aromatic heterocycles. The van der Waals surface area contributed by atoms with Crippen LogP contribution in [-0.4, -0.2) is 28.5 Å². The van der Waals surface area contributed by atoms with Gasteiger partial charge in [0.2, 0.25) is 0 Å². The second-order valence-electron chi connectivity index (χ2n) is 4.07. The van der Waals surface area contributed by atoms with E-state index < -0.39 is 5.97 Å². The molecule has 1 amide bonds. The summed E-state index contributed by atoms with van der Waals surface area (Å²) in [4.78, 5) is 25.5. The van der Waals surface area contributed by atoms with E-state index in [1.165, 1.54) is 0 Å². The fraction of sp³-hybridized carbons (Fsp3) is 0.231. The monoisotopic (exact) mass is 246 g/mol. The van der Waals surface area contributed by atoms with E-state index in [1.54, 1.807) is 0 Å². The second kappa shape index (κ2) is 4.91. The first-order valence-electron chi connectivity index (χ1n) is 5.67. The van der Waals surface area contributed by atoms with Gasteiger partial charge in [0.1, 0.15) is 0 Å². The first kappa shape index (κ1) is 12.2. The van der Waals surface area contributed by atoms with Crippen LogP contribution < -0.4 is 5.32 Å². The predicted molar refractivity (Wildman–Crippen MR) is 67.6 cm³/mol. The van der Waals surface area contributed by atoms with E-state index in [2.05, 4.69) is 10.3 Å². The lowest BCUT2D eigenvalue weighted by molar-refractivity contribution is -0.136. The number of H-pyrrole nitrogens is 1. The number of aromatic amines is 1. The summed E-state index contributed by atoms with van der Waals surface area (Å²) in [7, 11) is 0. The van der Waals surface area contributed by atoms with E-state index in [0.29, 0.717) is 5.56 Å². The van der Waals surface area contributed by atoms with Crippen LogP contribution in [0.1, 0.15) is 22.5 Å². The summed E-state index contributed by atoms with van der Waals surface area (Å²) in [5.74, 6) is -1.17. The first-order chi connectivity index (χ1) is 8.59. The molecular formula is C13H14N2O3. The fourth-order valence-corrected chi connectivity index (χ4v) is 1.94. The molecule has 1 heterocycles. The number of aliphatic carboxylic acids is 1. The summed E-state index contributed by atoms with van der Waals surface area (Å²) in [6.07, 6.45) is -0.0762. The van der Waals surface area contributed by atoms with Crippen LogP contribution in [0.4, 0.5) is 0 Å². The van der Waals surface area contributed by atoms with Crippen LogP contribution in [0, 0.1) is 6.92 Å². The highest BCUT2D eigenvalue weighted by Gasteiger charge is 2.15. The van der Waals surface area contributed by atoms with Crippen LogP contribution in [0.3, 0.4) is 0 Å². The number of hydrogen-bond acceptors (Lipinski definition) is 2. The molecule has 3 N–H and O–H groups in total. The number of fused-ring (bicyclic) bond motifs is 1. The maximum atomic E-state index is 12.0. The summed E-state index contributed by atoms with van der Waals surface area (Å²) in [5.41, 5.74) is 2.26. The molecule has 5 nitrogen and oxygen atoms in total. The Hall–Kier alpha value is -2.30. The number of hydrogen-bond donors (Lipinski definition) is 3. The fourth-order valence-electron chi connectivity index (χ4n) is 1.94. The van der Waals surface area contributed by atoms with Gasteiger partial charge in [0.05, 0.1) is 12.0 Å². The first-order valence-corrected chi connectivity index (χ1v) is 5.67. The van der Waals surface area contributed by atoms with Crippen LogP contribution in [0.15, 0.2) is 24.3 Å². The van der Waals surface area contributed by atoms with Crippen molar-refractivity contribution in [2.24, 2.45) is 0 Å². The van der Waals surface area contributed by atoms with Gasteiger partial charge in [0, 0.05) is 23.1 Å². The Labute approximate surface area is 104 Å². The Balaban J connectivity index is 2.22. The SMILES string of the molecule is Cc1[nH]c2ccccc2c1C(=O)NCCC(=O)O. The van der Waals surface area contributed by atoms with Crippen LogP contribution in [-0.2, 0) is 4.79 Å². The molecule has 0 aliphatic rings. The van der Waals surface area contributed by atoms with E-state index >= 15 is 0 Å².